The maximum absolute atomic E-state index is 15.8. The van der Waals surface area contributed by atoms with Crippen LogP contribution in [0.5, 0.6) is 5.75 Å². The van der Waals surface area contributed by atoms with E-state index in [4.69, 9.17) is 19.3 Å². The van der Waals surface area contributed by atoms with Gasteiger partial charge in [0.25, 0.3) is 40.5 Å². The summed E-state index contributed by atoms with van der Waals surface area (Å²) in [5.41, 5.74) is 2.36. The zero-order chi connectivity index (χ0) is 80.2. The zero-order valence-electron chi connectivity index (χ0n) is 60.5. The third-order valence-corrected chi connectivity index (χ3v) is 25.2. The summed E-state index contributed by atoms with van der Waals surface area (Å²) in [4.78, 5) is 36.3. The van der Waals surface area contributed by atoms with Crippen molar-refractivity contribution in [3.8, 4) is 5.75 Å². The summed E-state index contributed by atoms with van der Waals surface area (Å²) in [6.45, 7) is 7.29. The number of ether oxygens (including phenoxy) is 3. The number of hydrogen-bond acceptors (Lipinski definition) is 20. The third kappa shape index (κ3) is 23.3. The fraction of sp³-hybridized carbons (Fsp3) is 0.493. The topological polar surface area (TPSA) is 453 Å². The van der Waals surface area contributed by atoms with Crippen LogP contribution >= 0.6 is 0 Å². The number of halogens is 3. The number of aliphatic carboxylic acids is 1. The number of benzene rings is 4. The quantitative estimate of drug-likeness (QED) is 0.00881. The van der Waals surface area contributed by atoms with Crippen LogP contribution in [-0.4, -0.2) is 177 Å². The van der Waals surface area contributed by atoms with Crippen molar-refractivity contribution in [1.29, 1.82) is 0 Å². The molecule has 1 saturated carbocycles. The number of fused-ring (bicyclic) bond motifs is 2. The first-order chi connectivity index (χ1) is 50.9. The Kier molecular flexibility index (Phi) is 29.0. The first kappa shape index (κ1) is 87.1. The first-order valence-electron chi connectivity index (χ1n) is 35.2. The lowest BCUT2D eigenvalue weighted by molar-refractivity contribution is -0.438. The number of primary sulfonamides is 1. The molecule has 109 heavy (non-hydrogen) atoms. The molecule has 4 aliphatic rings. The van der Waals surface area contributed by atoms with Crippen LogP contribution in [0.15, 0.2) is 127 Å². The number of anilines is 2. The van der Waals surface area contributed by atoms with Gasteiger partial charge < -0.3 is 40.2 Å². The molecule has 600 valence electrons. The fourth-order valence-corrected chi connectivity index (χ4v) is 18.0. The average Bonchev–Trinajstić information content (AvgIpc) is 1.46. The molecule has 0 radical (unpaired) electrons. The van der Waals surface area contributed by atoms with Gasteiger partial charge in [-0.15, -0.1) is 0 Å². The van der Waals surface area contributed by atoms with E-state index < -0.39 is 158 Å². The molecule has 0 spiro atoms. The Morgan fingerprint density at radius 1 is 0.651 bits per heavy atom. The number of amides is 2. The number of carboxylic acids is 1. The number of nitrogens with zero attached hydrogens (tertiary/aromatic N) is 2. The predicted octanol–water partition coefficient (Wildman–Crippen LogP) is 8.68. The van der Waals surface area contributed by atoms with E-state index in [0.29, 0.717) is 101 Å². The predicted molar refractivity (Wildman–Crippen MR) is 397 cm³/mol. The van der Waals surface area contributed by atoms with Gasteiger partial charge in [0.15, 0.2) is 37.9 Å². The standard InChI is InChI=1S/C71H91F3N6O23S6/c1-70(2)53-44-51(108(95,96)97)25-27-56(53)79(34-10-12-40-105(87,88)89)58(70)29-21-47-15-14-16-48(22-30-59-71(3,4)54-45-52(109(98,99)100)26-28-57(54)80(59)35-11-13-41-106(90,91)92)66(47)103-50-23-19-46(20-24-50)43-55(69(83)84)78-61(82)31-36-101-38-39-102-37-33-76-60(81)32-42-104(85,86)68-63(73)62(72)67(107(75,93)94)64(74)65(68)77-49-17-8-6-5-7-9-18-49/h19-30,44-45,49,55,77H,5-18,31-43H2,1-4H3,(H8-,75,76,78,81,82,83,84,87,88,89,90,91,92,93,94,95,96,97,98,99,100)/p+1/t55-/m0/s1. The normalized spacial score (nSPS) is 17.7. The molecule has 0 bridgehead atoms. The smallest absolute Gasteiger partial charge is 0.326 e. The molecule has 0 saturated heterocycles. The minimum Gasteiger partial charge on any atom is -0.480 e. The van der Waals surface area contributed by atoms with Crippen LogP contribution in [0.25, 0.3) is 0 Å². The van der Waals surface area contributed by atoms with E-state index in [0.717, 1.165) is 19.3 Å². The van der Waals surface area contributed by atoms with Gasteiger partial charge in [-0.2, -0.15) is 38.2 Å². The van der Waals surface area contributed by atoms with Gasteiger partial charge in [-0.05, 0) is 142 Å². The number of sulfonamides is 1. The maximum Gasteiger partial charge on any atom is 0.326 e. The van der Waals surface area contributed by atoms with Crippen molar-refractivity contribution < 1.29 is 120 Å². The van der Waals surface area contributed by atoms with Crippen LogP contribution in [0.1, 0.15) is 147 Å². The van der Waals surface area contributed by atoms with Crippen molar-refractivity contribution >= 4 is 101 Å². The van der Waals surface area contributed by atoms with Gasteiger partial charge in [-0.1, -0.05) is 64.2 Å². The Morgan fingerprint density at radius 2 is 1.25 bits per heavy atom. The number of carboxylic acid groups (broad SMARTS) is 1. The van der Waals surface area contributed by atoms with E-state index in [9.17, 15) is 88.2 Å². The number of unbranched alkanes of at least 4 members (excludes halogenated alkanes) is 2. The minimum atomic E-state index is -5.21. The molecule has 2 aliphatic heterocycles. The molecule has 10 N–H and O–H groups in total. The molecule has 0 unspecified atom stereocenters. The highest BCUT2D eigenvalue weighted by Gasteiger charge is 2.46. The Labute approximate surface area is 633 Å². The highest BCUT2D eigenvalue weighted by molar-refractivity contribution is 7.91. The summed E-state index contributed by atoms with van der Waals surface area (Å²) in [6.07, 6.45) is 12.9. The molecule has 1 fully saturated rings. The van der Waals surface area contributed by atoms with E-state index >= 15 is 13.2 Å². The van der Waals surface area contributed by atoms with E-state index in [2.05, 4.69) is 16.0 Å². The van der Waals surface area contributed by atoms with Crippen molar-refractivity contribution in [2.75, 3.05) is 73.5 Å². The molecule has 1 atom stereocenters. The summed E-state index contributed by atoms with van der Waals surface area (Å²) >= 11 is 0. The van der Waals surface area contributed by atoms with Gasteiger partial charge in [-0.3, -0.25) is 27.8 Å². The number of sulfone groups is 1. The highest BCUT2D eigenvalue weighted by atomic mass is 32.2. The second-order valence-corrected chi connectivity index (χ2v) is 37.6. The molecule has 2 aliphatic carbocycles. The lowest BCUT2D eigenvalue weighted by Crippen LogP contribution is -2.42. The lowest BCUT2D eigenvalue weighted by Gasteiger charge is -2.27. The van der Waals surface area contributed by atoms with Gasteiger partial charge in [0, 0.05) is 79.3 Å². The van der Waals surface area contributed by atoms with Gasteiger partial charge in [0.05, 0.1) is 64.6 Å². The Balaban J connectivity index is 0.932. The van der Waals surface area contributed by atoms with Crippen LogP contribution in [0, 0.1) is 17.5 Å². The summed E-state index contributed by atoms with van der Waals surface area (Å²) in [6, 6.07) is 12.7. The van der Waals surface area contributed by atoms with Gasteiger partial charge >= 0.3 is 5.97 Å². The van der Waals surface area contributed by atoms with E-state index in [1.807, 2.05) is 61.5 Å². The number of rotatable bonds is 37. The van der Waals surface area contributed by atoms with Crippen LogP contribution in [0.3, 0.4) is 0 Å². The van der Waals surface area contributed by atoms with Crippen molar-refractivity contribution in [3.63, 3.8) is 0 Å². The number of allylic oxidation sites excluding steroid dienone is 7. The minimum absolute atomic E-state index is 0.0545. The molecule has 2 heterocycles. The second kappa shape index (κ2) is 36.3. The monoisotopic (exact) mass is 1650 g/mol. The molecule has 0 aromatic heterocycles. The first-order valence-corrected chi connectivity index (χ1v) is 44.5. The van der Waals surface area contributed by atoms with Crippen LogP contribution < -0.4 is 30.7 Å². The van der Waals surface area contributed by atoms with Gasteiger partial charge in [0.2, 0.25) is 27.5 Å². The summed E-state index contributed by atoms with van der Waals surface area (Å²) in [5, 5.41) is 22.8. The molecule has 4 aromatic carbocycles. The van der Waals surface area contributed by atoms with Crippen LogP contribution in [0.4, 0.5) is 30.2 Å². The number of carbonyl (C=O) groups excluding carboxylic acids is 2. The summed E-state index contributed by atoms with van der Waals surface area (Å²) in [5.74, 6) is -10.8. The summed E-state index contributed by atoms with van der Waals surface area (Å²) < 4.78 is 253. The Hall–Kier alpha value is -7.47. The molecule has 4 aromatic rings. The molecule has 2 amide bonds. The molecular weight excluding hydrogens is 1550 g/mol. The molecule has 29 nitrogen and oxygen atoms in total. The van der Waals surface area contributed by atoms with Gasteiger partial charge in [0.1, 0.15) is 29.0 Å². The van der Waals surface area contributed by atoms with Crippen LogP contribution in [0.2, 0.25) is 0 Å². The van der Waals surface area contributed by atoms with E-state index in [1.54, 1.807) is 36.4 Å². The largest absolute Gasteiger partial charge is 0.480 e. The number of nitrogens with two attached hydrogens (primary N) is 1. The Bertz CT molecular complexity index is 4980. The van der Waals surface area contributed by atoms with E-state index in [1.165, 1.54) is 24.3 Å². The van der Waals surface area contributed by atoms with Gasteiger partial charge in [-0.25, -0.2) is 39.9 Å². The van der Waals surface area contributed by atoms with Crippen molar-refractivity contribution in [2.45, 2.75) is 179 Å². The molecular formula is C71H92F3N6O23S6+. The third-order valence-electron chi connectivity index (χ3n) is 19.3. The van der Waals surface area contributed by atoms with E-state index in [-0.39, 0.29) is 100 Å². The molecule has 38 heteroatoms. The van der Waals surface area contributed by atoms with Crippen molar-refractivity contribution in [3.05, 3.63) is 142 Å². The Morgan fingerprint density at radius 3 is 1.86 bits per heavy atom. The zero-order valence-corrected chi connectivity index (χ0v) is 65.4. The van der Waals surface area contributed by atoms with Crippen LogP contribution in [-0.2, 0) is 101 Å². The van der Waals surface area contributed by atoms with Crippen molar-refractivity contribution in [1.82, 2.24) is 10.6 Å². The lowest BCUT2D eigenvalue weighted by atomic mass is 9.81. The average molecular weight is 1650 g/mol. The highest BCUT2D eigenvalue weighted by Crippen LogP contribution is 2.50. The fourth-order valence-electron chi connectivity index (χ4n) is 13.7. The van der Waals surface area contributed by atoms with Crippen molar-refractivity contribution in [2.24, 2.45) is 5.14 Å². The number of carbonyl (C=O) groups is 3. The number of hydrogen-bond donors (Lipinski definition) is 9. The SMILES string of the molecule is CC1(C)C(/C=C/C2=C(Oc3ccc(C[C@H](NC(=O)CCOCCOCCNC(=O)CCS(=O)(=O)c4c(F)c(F)c(S(N)(=O)=O)c(F)c4NC4CCCCCCC4)C(=O)O)cc3)C(=C/C=C3/N(CCCCS(=O)(=O)O)c4ccc(S(=O)(=O)O)cc4C3(C)C)/CCC2)=[N+](CCCCS(=O)(=O)O)c2ccc(S(=O)(=O)O)cc21. The summed E-state index contributed by atoms with van der Waals surface area (Å²) in [7, 11) is -28.1. The second-order valence-electron chi connectivity index (χ2n) is 28.0. The number of nitrogens with one attached hydrogen (secondary N) is 3. The maximum atomic E-state index is 15.8. The molecule has 8 rings (SSSR count).